The molecule has 0 heterocycles. The molecule has 0 radical (unpaired) electrons. The molecule has 6 heteroatoms. The maximum atomic E-state index is 12.2. The van der Waals surface area contributed by atoms with Gasteiger partial charge in [0, 0.05) is 0 Å². The van der Waals surface area contributed by atoms with Crippen molar-refractivity contribution in [3.8, 4) is 11.5 Å². The van der Waals surface area contributed by atoms with Gasteiger partial charge in [-0.2, -0.15) is 0 Å². The van der Waals surface area contributed by atoms with E-state index in [-0.39, 0.29) is 24.4 Å². The summed E-state index contributed by atoms with van der Waals surface area (Å²) < 4.78 is 10.9. The van der Waals surface area contributed by atoms with Crippen molar-refractivity contribution in [3.63, 3.8) is 0 Å². The summed E-state index contributed by atoms with van der Waals surface area (Å²) in [6, 6.07) is 14.3. The average molecular weight is 365 g/mol. The van der Waals surface area contributed by atoms with Crippen LogP contribution in [-0.2, 0) is 4.79 Å². The standard InChI is InChI=1S/C19H24N2O3.ClH/c1-13-4-6-15(7-5-13)18(20)19(22)21-12-14(2)24-17-10-8-16(23-3)9-11-17;/h4-11,14,18H,12,20H2,1-3H3,(H,21,22);1H. The third-order valence-corrected chi connectivity index (χ3v) is 3.68. The highest BCUT2D eigenvalue weighted by molar-refractivity contribution is 5.85. The van der Waals surface area contributed by atoms with Crippen LogP contribution in [0.1, 0.15) is 24.1 Å². The minimum absolute atomic E-state index is 0. The molecule has 0 fully saturated rings. The lowest BCUT2D eigenvalue weighted by molar-refractivity contribution is -0.122. The van der Waals surface area contributed by atoms with Crippen LogP contribution < -0.4 is 20.5 Å². The molecular formula is C19H25ClN2O3. The highest BCUT2D eigenvalue weighted by Gasteiger charge is 2.16. The van der Waals surface area contributed by atoms with Crippen molar-refractivity contribution in [2.24, 2.45) is 5.73 Å². The normalized spacial score (nSPS) is 12.5. The highest BCUT2D eigenvalue weighted by atomic mass is 35.5. The third-order valence-electron chi connectivity index (χ3n) is 3.68. The number of aryl methyl sites for hydroxylation is 1. The zero-order valence-corrected chi connectivity index (χ0v) is 15.5. The van der Waals surface area contributed by atoms with Crippen LogP contribution in [0.4, 0.5) is 0 Å². The molecule has 0 saturated heterocycles. The van der Waals surface area contributed by atoms with Gasteiger partial charge in [-0.1, -0.05) is 29.8 Å². The van der Waals surface area contributed by atoms with E-state index in [0.717, 1.165) is 22.6 Å². The molecule has 1 amide bonds. The van der Waals surface area contributed by atoms with Crippen molar-refractivity contribution in [3.05, 3.63) is 59.7 Å². The first kappa shape index (κ1) is 20.8. The van der Waals surface area contributed by atoms with Gasteiger partial charge in [-0.3, -0.25) is 4.79 Å². The van der Waals surface area contributed by atoms with Gasteiger partial charge < -0.3 is 20.5 Å². The van der Waals surface area contributed by atoms with Gasteiger partial charge in [0.2, 0.25) is 5.91 Å². The van der Waals surface area contributed by atoms with Crippen LogP contribution in [0.2, 0.25) is 0 Å². The molecule has 2 aromatic rings. The van der Waals surface area contributed by atoms with Crippen LogP contribution in [0, 0.1) is 6.92 Å². The molecule has 2 atom stereocenters. The first-order valence-electron chi connectivity index (χ1n) is 7.90. The number of ether oxygens (including phenoxy) is 2. The Morgan fingerprint density at radius 1 is 1.08 bits per heavy atom. The Morgan fingerprint density at radius 2 is 1.64 bits per heavy atom. The summed E-state index contributed by atoms with van der Waals surface area (Å²) in [5.74, 6) is 1.27. The second-order valence-corrected chi connectivity index (χ2v) is 5.74. The topological polar surface area (TPSA) is 73.6 Å². The summed E-state index contributed by atoms with van der Waals surface area (Å²) in [4.78, 5) is 12.2. The average Bonchev–Trinajstić information content (AvgIpc) is 2.60. The zero-order chi connectivity index (χ0) is 17.5. The van der Waals surface area contributed by atoms with Crippen molar-refractivity contribution in [2.75, 3.05) is 13.7 Å². The monoisotopic (exact) mass is 364 g/mol. The summed E-state index contributed by atoms with van der Waals surface area (Å²) in [7, 11) is 1.62. The van der Waals surface area contributed by atoms with E-state index in [0.29, 0.717) is 6.54 Å². The number of nitrogens with one attached hydrogen (secondary N) is 1. The van der Waals surface area contributed by atoms with Gasteiger partial charge in [0.1, 0.15) is 23.6 Å². The molecular weight excluding hydrogens is 340 g/mol. The molecule has 0 aliphatic carbocycles. The molecule has 0 spiro atoms. The summed E-state index contributed by atoms with van der Waals surface area (Å²) in [6.07, 6.45) is -0.174. The fraction of sp³-hybridized carbons (Fsp3) is 0.316. The van der Waals surface area contributed by atoms with Crippen LogP contribution in [0.25, 0.3) is 0 Å². The van der Waals surface area contributed by atoms with E-state index in [2.05, 4.69) is 5.32 Å². The molecule has 5 nitrogen and oxygen atoms in total. The number of halogens is 1. The summed E-state index contributed by atoms with van der Waals surface area (Å²) >= 11 is 0. The number of carbonyl (C=O) groups is 1. The first-order valence-corrected chi connectivity index (χ1v) is 7.90. The Morgan fingerprint density at radius 3 is 2.20 bits per heavy atom. The number of benzene rings is 2. The minimum Gasteiger partial charge on any atom is -0.497 e. The second kappa shape index (κ2) is 9.91. The molecule has 136 valence electrons. The van der Waals surface area contributed by atoms with Crippen LogP contribution in [0.5, 0.6) is 11.5 Å². The number of amides is 1. The molecule has 0 aliphatic heterocycles. The lowest BCUT2D eigenvalue weighted by atomic mass is 10.1. The third kappa shape index (κ3) is 6.29. The van der Waals surface area contributed by atoms with Gasteiger partial charge in [0.25, 0.3) is 0 Å². The first-order chi connectivity index (χ1) is 11.5. The lowest BCUT2D eigenvalue weighted by Gasteiger charge is -2.18. The lowest BCUT2D eigenvalue weighted by Crippen LogP contribution is -2.39. The van der Waals surface area contributed by atoms with E-state index in [1.165, 1.54) is 0 Å². The fourth-order valence-electron chi connectivity index (χ4n) is 2.21. The maximum absolute atomic E-state index is 12.2. The molecule has 25 heavy (non-hydrogen) atoms. The highest BCUT2D eigenvalue weighted by Crippen LogP contribution is 2.18. The smallest absolute Gasteiger partial charge is 0.241 e. The van der Waals surface area contributed by atoms with Crippen molar-refractivity contribution < 1.29 is 14.3 Å². The van der Waals surface area contributed by atoms with E-state index < -0.39 is 6.04 Å². The van der Waals surface area contributed by atoms with E-state index in [1.54, 1.807) is 7.11 Å². The van der Waals surface area contributed by atoms with Crippen molar-refractivity contribution >= 4 is 18.3 Å². The van der Waals surface area contributed by atoms with E-state index in [4.69, 9.17) is 15.2 Å². The van der Waals surface area contributed by atoms with Crippen molar-refractivity contribution in [1.82, 2.24) is 5.32 Å². The molecule has 2 unspecified atom stereocenters. The molecule has 0 saturated carbocycles. The number of rotatable bonds is 7. The van der Waals surface area contributed by atoms with Crippen LogP contribution in [0.3, 0.4) is 0 Å². The maximum Gasteiger partial charge on any atom is 0.241 e. The van der Waals surface area contributed by atoms with Crippen LogP contribution in [0.15, 0.2) is 48.5 Å². The SMILES string of the molecule is COc1ccc(OC(C)CNC(=O)C(N)c2ccc(C)cc2)cc1.Cl. The van der Waals surface area contributed by atoms with Gasteiger partial charge >= 0.3 is 0 Å². The predicted molar refractivity (Wildman–Crippen MR) is 101 cm³/mol. The van der Waals surface area contributed by atoms with E-state index in [9.17, 15) is 4.79 Å². The van der Waals surface area contributed by atoms with Crippen molar-refractivity contribution in [1.29, 1.82) is 0 Å². The fourth-order valence-corrected chi connectivity index (χ4v) is 2.21. The van der Waals surface area contributed by atoms with Gasteiger partial charge in [0.15, 0.2) is 0 Å². The quantitative estimate of drug-likeness (QED) is 0.792. The van der Waals surface area contributed by atoms with Gasteiger partial charge in [-0.25, -0.2) is 0 Å². The number of hydrogen-bond acceptors (Lipinski definition) is 4. The molecule has 0 aromatic heterocycles. The Balaban J connectivity index is 0.00000312. The minimum atomic E-state index is -0.682. The van der Waals surface area contributed by atoms with Crippen LogP contribution >= 0.6 is 12.4 Å². The van der Waals surface area contributed by atoms with Gasteiger partial charge in [-0.15, -0.1) is 12.4 Å². The van der Waals surface area contributed by atoms with Gasteiger partial charge in [0.05, 0.1) is 13.7 Å². The second-order valence-electron chi connectivity index (χ2n) is 5.74. The summed E-state index contributed by atoms with van der Waals surface area (Å²) in [5, 5.41) is 2.82. The summed E-state index contributed by atoms with van der Waals surface area (Å²) in [5.41, 5.74) is 7.92. The Hall–Kier alpha value is -2.24. The molecule has 0 bridgehead atoms. The van der Waals surface area contributed by atoms with E-state index in [1.807, 2.05) is 62.4 Å². The van der Waals surface area contributed by atoms with Crippen molar-refractivity contribution in [2.45, 2.75) is 26.0 Å². The number of hydrogen-bond donors (Lipinski definition) is 2. The molecule has 3 N–H and O–H groups in total. The van der Waals surface area contributed by atoms with Crippen LogP contribution in [-0.4, -0.2) is 25.7 Å². The zero-order valence-electron chi connectivity index (χ0n) is 14.7. The van der Waals surface area contributed by atoms with Gasteiger partial charge in [-0.05, 0) is 43.7 Å². The largest absolute Gasteiger partial charge is 0.497 e. The Kier molecular flexibility index (Phi) is 8.25. The predicted octanol–water partition coefficient (Wildman–Crippen LogP) is 3.01. The molecule has 2 aromatic carbocycles. The molecule has 2 rings (SSSR count). The number of methoxy groups -OCH3 is 1. The number of nitrogens with two attached hydrogens (primary N) is 1. The Bertz CT molecular complexity index is 659. The molecule has 0 aliphatic rings. The van der Waals surface area contributed by atoms with E-state index >= 15 is 0 Å². The number of carbonyl (C=O) groups excluding carboxylic acids is 1. The summed E-state index contributed by atoms with van der Waals surface area (Å²) in [6.45, 7) is 4.26. The Labute approximate surface area is 154 Å².